The molecule has 0 bridgehead atoms. The second-order valence-electron chi connectivity index (χ2n) is 3.73. The first-order valence-electron chi connectivity index (χ1n) is 5.14. The van der Waals surface area contributed by atoms with E-state index < -0.39 is 0 Å². The molecule has 1 unspecified atom stereocenters. The molecule has 0 amide bonds. The quantitative estimate of drug-likeness (QED) is 0.791. The van der Waals surface area contributed by atoms with E-state index in [0.29, 0.717) is 11.8 Å². The molecule has 1 aliphatic heterocycles. The molecular formula is C10H15N3O2S. The molecule has 1 atom stereocenters. The molecule has 5 nitrogen and oxygen atoms in total. The zero-order chi connectivity index (χ0) is 11.5. The summed E-state index contributed by atoms with van der Waals surface area (Å²) >= 11 is 4.35. The zero-order valence-corrected chi connectivity index (χ0v) is 10.2. The molecule has 2 rings (SSSR count). The zero-order valence-electron chi connectivity index (χ0n) is 9.33. The highest BCUT2D eigenvalue weighted by atomic mass is 32.1. The van der Waals surface area contributed by atoms with Gasteiger partial charge in [0.25, 0.3) is 0 Å². The maximum Gasteiger partial charge on any atom is 0.316 e. The molecule has 0 aromatic carbocycles. The summed E-state index contributed by atoms with van der Waals surface area (Å²) in [6, 6.07) is 0.353. The summed E-state index contributed by atoms with van der Waals surface area (Å²) in [7, 11) is 1.54. The maximum absolute atomic E-state index is 5.67. The lowest BCUT2D eigenvalue weighted by Crippen LogP contribution is -2.55. The van der Waals surface area contributed by atoms with Gasteiger partial charge in [-0.05, 0) is 6.92 Å². The van der Waals surface area contributed by atoms with Gasteiger partial charge >= 0.3 is 6.01 Å². The Hall–Kier alpha value is -1.01. The van der Waals surface area contributed by atoms with Crippen molar-refractivity contribution in [3.05, 3.63) is 12.4 Å². The molecule has 1 aromatic heterocycles. The number of methoxy groups -OCH3 is 1. The number of nitrogens with zero attached hydrogens (tertiary/aromatic N) is 3. The smallest absolute Gasteiger partial charge is 0.316 e. The molecule has 0 N–H and O–H groups in total. The van der Waals surface area contributed by atoms with Crippen LogP contribution >= 0.6 is 12.6 Å². The standard InChI is InChI=1S/C10H15N3O2S/c1-7(16)13-5-9(6-13)15-8-3-11-10(14-2)12-4-8/h3-4,7,9,16H,5-6H2,1-2H3. The van der Waals surface area contributed by atoms with Gasteiger partial charge in [-0.1, -0.05) is 0 Å². The van der Waals surface area contributed by atoms with Crippen LogP contribution in [0.1, 0.15) is 6.92 Å². The van der Waals surface area contributed by atoms with Crippen molar-refractivity contribution >= 4 is 12.6 Å². The Kier molecular flexibility index (Phi) is 3.50. The number of thiol groups is 1. The molecule has 16 heavy (non-hydrogen) atoms. The highest BCUT2D eigenvalue weighted by Gasteiger charge is 2.30. The number of rotatable bonds is 4. The Morgan fingerprint density at radius 1 is 1.44 bits per heavy atom. The summed E-state index contributed by atoms with van der Waals surface area (Å²) in [6.45, 7) is 3.85. The van der Waals surface area contributed by atoms with Crippen molar-refractivity contribution in [3.8, 4) is 11.8 Å². The summed E-state index contributed by atoms with van der Waals surface area (Å²) < 4.78 is 10.5. The van der Waals surface area contributed by atoms with Crippen LogP contribution < -0.4 is 9.47 Å². The topological polar surface area (TPSA) is 47.5 Å². The molecule has 1 aromatic rings. The number of hydrogen-bond donors (Lipinski definition) is 1. The van der Waals surface area contributed by atoms with Crippen LogP contribution in [0.3, 0.4) is 0 Å². The lowest BCUT2D eigenvalue weighted by molar-refractivity contribution is 0.0159. The Bertz CT molecular complexity index is 338. The molecule has 1 aliphatic rings. The van der Waals surface area contributed by atoms with Crippen molar-refractivity contribution in [3.63, 3.8) is 0 Å². The van der Waals surface area contributed by atoms with Crippen molar-refractivity contribution in [2.45, 2.75) is 18.4 Å². The fraction of sp³-hybridized carbons (Fsp3) is 0.600. The average molecular weight is 241 g/mol. The van der Waals surface area contributed by atoms with Gasteiger partial charge in [0.15, 0.2) is 5.75 Å². The Morgan fingerprint density at radius 3 is 2.56 bits per heavy atom. The van der Waals surface area contributed by atoms with Crippen molar-refractivity contribution in [2.24, 2.45) is 0 Å². The third-order valence-electron chi connectivity index (χ3n) is 2.49. The summed E-state index contributed by atoms with van der Waals surface area (Å²) in [6.07, 6.45) is 3.46. The molecule has 2 heterocycles. The van der Waals surface area contributed by atoms with Crippen molar-refractivity contribution in [2.75, 3.05) is 20.2 Å². The molecule has 0 spiro atoms. The Balaban J connectivity index is 1.82. The fourth-order valence-corrected chi connectivity index (χ4v) is 1.70. The predicted molar refractivity (Wildman–Crippen MR) is 63.0 cm³/mol. The van der Waals surface area contributed by atoms with Crippen LogP contribution in [-0.4, -0.2) is 46.5 Å². The Morgan fingerprint density at radius 2 is 2.06 bits per heavy atom. The number of likely N-dealkylation sites (tertiary alicyclic amines) is 1. The lowest BCUT2D eigenvalue weighted by Gasteiger charge is -2.40. The van der Waals surface area contributed by atoms with E-state index in [1.165, 1.54) is 7.11 Å². The molecular weight excluding hydrogens is 226 g/mol. The maximum atomic E-state index is 5.67. The second-order valence-corrected chi connectivity index (χ2v) is 4.48. The predicted octanol–water partition coefficient (Wildman–Crippen LogP) is 0.824. The van der Waals surface area contributed by atoms with E-state index in [0.717, 1.165) is 13.1 Å². The van der Waals surface area contributed by atoms with Gasteiger partial charge in [-0.15, -0.1) is 0 Å². The summed E-state index contributed by atoms with van der Waals surface area (Å²) in [5, 5.41) is 0.284. The van der Waals surface area contributed by atoms with Crippen molar-refractivity contribution in [1.82, 2.24) is 14.9 Å². The Labute approximate surface area is 100 Å². The molecule has 1 saturated heterocycles. The first kappa shape index (κ1) is 11.5. The molecule has 6 heteroatoms. The van der Waals surface area contributed by atoms with E-state index in [-0.39, 0.29) is 11.5 Å². The number of ether oxygens (including phenoxy) is 2. The van der Waals surface area contributed by atoms with Crippen LogP contribution in [0.5, 0.6) is 11.8 Å². The summed E-state index contributed by atoms with van der Waals surface area (Å²) in [5.41, 5.74) is 0. The van der Waals surface area contributed by atoms with E-state index in [9.17, 15) is 0 Å². The number of aromatic nitrogens is 2. The largest absolute Gasteiger partial charge is 0.485 e. The van der Waals surface area contributed by atoms with Gasteiger partial charge in [0.2, 0.25) is 0 Å². The minimum absolute atomic E-state index is 0.214. The van der Waals surface area contributed by atoms with Crippen LogP contribution in [0, 0.1) is 0 Å². The van der Waals surface area contributed by atoms with E-state index in [1.807, 2.05) is 0 Å². The summed E-state index contributed by atoms with van der Waals surface area (Å²) in [5.74, 6) is 0.678. The normalized spacial score (nSPS) is 18.9. The van der Waals surface area contributed by atoms with E-state index in [2.05, 4.69) is 34.4 Å². The van der Waals surface area contributed by atoms with Crippen LogP contribution in [0.4, 0.5) is 0 Å². The molecule has 0 radical (unpaired) electrons. The third kappa shape index (κ3) is 2.56. The first-order valence-corrected chi connectivity index (χ1v) is 5.65. The van der Waals surface area contributed by atoms with Gasteiger partial charge in [-0.3, -0.25) is 4.90 Å². The highest BCUT2D eigenvalue weighted by molar-refractivity contribution is 7.80. The molecule has 88 valence electrons. The van der Waals surface area contributed by atoms with Crippen LogP contribution in [0.2, 0.25) is 0 Å². The van der Waals surface area contributed by atoms with Crippen molar-refractivity contribution < 1.29 is 9.47 Å². The minimum Gasteiger partial charge on any atom is -0.485 e. The van der Waals surface area contributed by atoms with Gasteiger partial charge in [0.1, 0.15) is 6.10 Å². The minimum atomic E-state index is 0.214. The fourth-order valence-electron chi connectivity index (χ4n) is 1.51. The van der Waals surface area contributed by atoms with E-state index >= 15 is 0 Å². The third-order valence-corrected chi connectivity index (χ3v) is 2.82. The van der Waals surface area contributed by atoms with Crippen LogP contribution in [0.25, 0.3) is 0 Å². The van der Waals surface area contributed by atoms with Crippen LogP contribution in [0.15, 0.2) is 12.4 Å². The highest BCUT2D eigenvalue weighted by Crippen LogP contribution is 2.20. The SMILES string of the molecule is COc1ncc(OC2CN(C(C)S)C2)cn1. The number of hydrogen-bond acceptors (Lipinski definition) is 6. The van der Waals surface area contributed by atoms with E-state index in [1.54, 1.807) is 12.4 Å². The molecule has 1 fully saturated rings. The van der Waals surface area contributed by atoms with Gasteiger partial charge in [0, 0.05) is 13.1 Å². The lowest BCUT2D eigenvalue weighted by atomic mass is 10.2. The average Bonchev–Trinajstić information content (AvgIpc) is 2.23. The van der Waals surface area contributed by atoms with E-state index in [4.69, 9.17) is 9.47 Å². The van der Waals surface area contributed by atoms with Gasteiger partial charge in [-0.2, -0.15) is 22.6 Å². The van der Waals surface area contributed by atoms with Gasteiger partial charge in [-0.25, -0.2) is 0 Å². The van der Waals surface area contributed by atoms with Crippen molar-refractivity contribution in [1.29, 1.82) is 0 Å². The summed E-state index contributed by atoms with van der Waals surface area (Å²) in [4.78, 5) is 10.2. The molecule has 0 aliphatic carbocycles. The second kappa shape index (κ2) is 4.88. The first-order chi connectivity index (χ1) is 7.69. The van der Waals surface area contributed by atoms with Gasteiger partial charge < -0.3 is 9.47 Å². The monoisotopic (exact) mass is 241 g/mol. The van der Waals surface area contributed by atoms with Gasteiger partial charge in [0.05, 0.1) is 24.9 Å². The van der Waals surface area contributed by atoms with Crippen LogP contribution in [-0.2, 0) is 0 Å². The molecule has 0 saturated carbocycles.